The van der Waals surface area contributed by atoms with Crippen molar-refractivity contribution >= 4 is 29.0 Å². The molecule has 5 nitrogen and oxygen atoms in total. The molecule has 2 rings (SSSR count). The quantitative estimate of drug-likeness (QED) is 0.848. The molecule has 0 aromatic carbocycles. The second-order valence-corrected chi connectivity index (χ2v) is 6.12. The molecule has 1 N–H and O–H groups in total. The highest BCUT2D eigenvalue weighted by Crippen LogP contribution is 2.26. The van der Waals surface area contributed by atoms with Crippen LogP contribution in [0.15, 0.2) is 28.1 Å². The Hall–Kier alpha value is -1.31. The van der Waals surface area contributed by atoms with E-state index in [-0.39, 0.29) is 12.5 Å². The second kappa shape index (κ2) is 7.47. The molecule has 0 aliphatic carbocycles. The van der Waals surface area contributed by atoms with E-state index < -0.39 is 0 Å². The van der Waals surface area contributed by atoms with Crippen LogP contribution in [0.3, 0.4) is 0 Å². The molecule has 0 spiro atoms. The summed E-state index contributed by atoms with van der Waals surface area (Å²) in [6, 6.07) is 5.85. The minimum absolute atomic E-state index is 0.00558. The van der Waals surface area contributed by atoms with Crippen molar-refractivity contribution in [3.05, 3.63) is 29.3 Å². The van der Waals surface area contributed by atoms with Crippen LogP contribution in [-0.4, -0.2) is 47.0 Å². The summed E-state index contributed by atoms with van der Waals surface area (Å²) in [6.07, 6.45) is 0. The number of nitrogens with zero attached hydrogens (tertiary/aromatic N) is 2. The number of aliphatic hydroxyl groups excluding tert-OH is 1. The number of hydrogen-bond donors (Lipinski definition) is 1. The number of hydrogen-bond acceptors (Lipinski definition) is 6. The Morgan fingerprint density at radius 3 is 3.15 bits per heavy atom. The molecular formula is C13H16N2O3S2. The average molecular weight is 312 g/mol. The Bertz CT molecular complexity index is 540. The minimum atomic E-state index is -0.0135. The Kier molecular flexibility index (Phi) is 5.63. The lowest BCUT2D eigenvalue weighted by molar-refractivity contribution is -0.127. The van der Waals surface area contributed by atoms with Crippen LogP contribution in [0.2, 0.25) is 0 Å². The summed E-state index contributed by atoms with van der Waals surface area (Å²) in [5.74, 6) is 1.77. The highest BCUT2D eigenvalue weighted by atomic mass is 32.2. The topological polar surface area (TPSA) is 66.6 Å². The SMILES string of the molecule is CN(CCO)C(=O)CSCc1cc(-c2cccs2)on1. The fourth-order valence-electron chi connectivity index (χ4n) is 1.54. The van der Waals surface area contributed by atoms with Crippen LogP contribution in [0.25, 0.3) is 10.6 Å². The van der Waals surface area contributed by atoms with E-state index in [1.807, 2.05) is 23.6 Å². The van der Waals surface area contributed by atoms with Gasteiger partial charge in [-0.15, -0.1) is 23.1 Å². The molecule has 0 saturated carbocycles. The normalized spacial score (nSPS) is 10.7. The largest absolute Gasteiger partial charge is 0.395 e. The number of thioether (sulfide) groups is 1. The summed E-state index contributed by atoms with van der Waals surface area (Å²) >= 11 is 3.09. The van der Waals surface area contributed by atoms with Crippen molar-refractivity contribution < 1.29 is 14.4 Å². The first-order chi connectivity index (χ1) is 9.70. The molecule has 0 bridgehead atoms. The van der Waals surface area contributed by atoms with Crippen molar-refractivity contribution in [2.24, 2.45) is 0 Å². The molecule has 0 atom stereocenters. The standard InChI is InChI=1S/C13H16N2O3S2/c1-15(4-5-16)13(17)9-19-8-10-7-11(18-14-10)12-3-2-6-20-12/h2-3,6-7,16H,4-5,8-9H2,1H3. The third-order valence-corrected chi connectivity index (χ3v) is 4.50. The molecule has 1 amide bonds. The van der Waals surface area contributed by atoms with Gasteiger partial charge in [0.1, 0.15) is 0 Å². The number of aromatic nitrogens is 1. The van der Waals surface area contributed by atoms with E-state index in [1.165, 1.54) is 16.7 Å². The van der Waals surface area contributed by atoms with Gasteiger partial charge in [-0.25, -0.2) is 0 Å². The Balaban J connectivity index is 1.79. The molecule has 0 unspecified atom stereocenters. The van der Waals surface area contributed by atoms with Gasteiger partial charge in [-0.1, -0.05) is 11.2 Å². The lowest BCUT2D eigenvalue weighted by atomic mass is 10.3. The molecule has 2 aromatic rings. The molecule has 0 radical (unpaired) electrons. The monoisotopic (exact) mass is 312 g/mol. The second-order valence-electron chi connectivity index (χ2n) is 4.19. The number of rotatable bonds is 7. The van der Waals surface area contributed by atoms with Crippen molar-refractivity contribution in [3.8, 4) is 10.6 Å². The van der Waals surface area contributed by atoms with Crippen LogP contribution in [0.5, 0.6) is 0 Å². The predicted octanol–water partition coefficient (Wildman–Crippen LogP) is 2.09. The van der Waals surface area contributed by atoms with Gasteiger partial charge in [-0.05, 0) is 11.4 Å². The summed E-state index contributed by atoms with van der Waals surface area (Å²) in [5, 5.41) is 14.7. The Morgan fingerprint density at radius 1 is 1.60 bits per heavy atom. The zero-order valence-corrected chi connectivity index (χ0v) is 12.7. The molecule has 0 aliphatic heterocycles. The first kappa shape index (κ1) is 15.1. The van der Waals surface area contributed by atoms with E-state index in [2.05, 4.69) is 5.16 Å². The summed E-state index contributed by atoms with van der Waals surface area (Å²) < 4.78 is 5.27. The first-order valence-electron chi connectivity index (χ1n) is 6.12. The van der Waals surface area contributed by atoms with Gasteiger partial charge in [0, 0.05) is 25.4 Å². The third kappa shape index (κ3) is 4.09. The van der Waals surface area contributed by atoms with Crippen LogP contribution in [0.4, 0.5) is 0 Å². The van der Waals surface area contributed by atoms with Gasteiger partial charge in [0.25, 0.3) is 0 Å². The smallest absolute Gasteiger partial charge is 0.232 e. The lowest BCUT2D eigenvalue weighted by Gasteiger charge is -2.14. The van der Waals surface area contributed by atoms with Gasteiger partial charge in [0.05, 0.1) is 22.9 Å². The number of amides is 1. The van der Waals surface area contributed by atoms with Crippen LogP contribution in [0, 0.1) is 0 Å². The van der Waals surface area contributed by atoms with E-state index in [9.17, 15) is 4.79 Å². The molecular weight excluding hydrogens is 296 g/mol. The average Bonchev–Trinajstić information content (AvgIpc) is 3.09. The van der Waals surface area contributed by atoms with E-state index >= 15 is 0 Å². The minimum Gasteiger partial charge on any atom is -0.395 e. The van der Waals surface area contributed by atoms with Crippen molar-refractivity contribution in [3.63, 3.8) is 0 Å². The highest BCUT2D eigenvalue weighted by Gasteiger charge is 2.10. The van der Waals surface area contributed by atoms with Gasteiger partial charge >= 0.3 is 0 Å². The van der Waals surface area contributed by atoms with Gasteiger partial charge in [-0.2, -0.15) is 0 Å². The molecule has 2 aromatic heterocycles. The molecule has 0 saturated heterocycles. The number of carbonyl (C=O) groups excluding carboxylic acids is 1. The van der Waals surface area contributed by atoms with Crippen molar-refractivity contribution in [1.29, 1.82) is 0 Å². The van der Waals surface area contributed by atoms with Gasteiger partial charge in [-0.3, -0.25) is 4.79 Å². The number of thiophene rings is 1. The van der Waals surface area contributed by atoms with Gasteiger partial charge in [0.15, 0.2) is 5.76 Å². The van der Waals surface area contributed by atoms with E-state index in [4.69, 9.17) is 9.63 Å². The van der Waals surface area contributed by atoms with E-state index in [0.717, 1.165) is 16.3 Å². The van der Waals surface area contributed by atoms with Crippen molar-refractivity contribution in [1.82, 2.24) is 10.1 Å². The summed E-state index contributed by atoms with van der Waals surface area (Å²) in [5.41, 5.74) is 0.830. The fourth-order valence-corrected chi connectivity index (χ4v) is 3.06. The Labute approximate surface area is 125 Å². The van der Waals surface area contributed by atoms with Crippen molar-refractivity contribution in [2.75, 3.05) is 26.0 Å². The lowest BCUT2D eigenvalue weighted by Crippen LogP contribution is -2.30. The fraction of sp³-hybridized carbons (Fsp3) is 0.385. The molecule has 7 heteroatoms. The number of carbonyl (C=O) groups is 1. The van der Waals surface area contributed by atoms with E-state index in [1.54, 1.807) is 18.4 Å². The maximum atomic E-state index is 11.7. The van der Waals surface area contributed by atoms with E-state index in [0.29, 0.717) is 18.1 Å². The molecule has 0 fully saturated rings. The van der Waals surface area contributed by atoms with Crippen LogP contribution in [0.1, 0.15) is 5.69 Å². The third-order valence-electron chi connectivity index (χ3n) is 2.66. The van der Waals surface area contributed by atoms with Crippen LogP contribution >= 0.6 is 23.1 Å². The maximum absolute atomic E-state index is 11.7. The van der Waals surface area contributed by atoms with Crippen LogP contribution < -0.4 is 0 Å². The van der Waals surface area contributed by atoms with Crippen molar-refractivity contribution in [2.45, 2.75) is 5.75 Å². The summed E-state index contributed by atoms with van der Waals surface area (Å²) in [4.78, 5) is 14.2. The summed E-state index contributed by atoms with van der Waals surface area (Å²) in [6.45, 7) is 0.353. The zero-order valence-electron chi connectivity index (χ0n) is 11.1. The van der Waals surface area contributed by atoms with Gasteiger partial charge < -0.3 is 14.5 Å². The van der Waals surface area contributed by atoms with Gasteiger partial charge in [0.2, 0.25) is 5.91 Å². The molecule has 2 heterocycles. The zero-order chi connectivity index (χ0) is 14.4. The highest BCUT2D eigenvalue weighted by molar-refractivity contribution is 7.99. The van der Waals surface area contributed by atoms with Crippen LogP contribution in [-0.2, 0) is 10.5 Å². The predicted molar refractivity (Wildman–Crippen MR) is 80.7 cm³/mol. The maximum Gasteiger partial charge on any atom is 0.232 e. The number of aliphatic hydroxyl groups is 1. The molecule has 108 valence electrons. The number of likely N-dealkylation sites (N-methyl/N-ethyl adjacent to an activating group) is 1. The molecule has 0 aliphatic rings. The Morgan fingerprint density at radius 2 is 2.45 bits per heavy atom. The summed E-state index contributed by atoms with van der Waals surface area (Å²) in [7, 11) is 1.68. The molecule has 20 heavy (non-hydrogen) atoms. The first-order valence-corrected chi connectivity index (χ1v) is 8.16.